The molecule has 0 saturated heterocycles. The van der Waals surface area contributed by atoms with Crippen LogP contribution in [0.15, 0.2) is 4.47 Å². The molecule has 0 radical (unpaired) electrons. The standard InChI is InChI=1S/C11H18BrN3O/c1-5-7-8(12)9(13)15-10(14-7)11(3,6-2)16-4/h5-6H2,1-4H3,(H2,13,14,15). The van der Waals surface area contributed by atoms with Gasteiger partial charge in [-0.3, -0.25) is 0 Å². The Morgan fingerprint density at radius 3 is 2.44 bits per heavy atom. The molecule has 1 unspecified atom stereocenters. The summed E-state index contributed by atoms with van der Waals surface area (Å²) in [5, 5.41) is 0. The fourth-order valence-electron chi connectivity index (χ4n) is 1.38. The Bertz CT molecular complexity index is 378. The molecule has 1 aromatic heterocycles. The van der Waals surface area contributed by atoms with E-state index in [1.165, 1.54) is 0 Å². The van der Waals surface area contributed by atoms with Crippen LogP contribution in [-0.4, -0.2) is 17.1 Å². The summed E-state index contributed by atoms with van der Waals surface area (Å²) in [6, 6.07) is 0. The molecule has 1 rings (SSSR count). The molecule has 0 bridgehead atoms. The van der Waals surface area contributed by atoms with Gasteiger partial charge in [-0.1, -0.05) is 13.8 Å². The molecule has 0 aromatic carbocycles. The highest BCUT2D eigenvalue weighted by Gasteiger charge is 2.28. The maximum absolute atomic E-state index is 5.85. The Morgan fingerprint density at radius 2 is 2.00 bits per heavy atom. The summed E-state index contributed by atoms with van der Waals surface area (Å²) in [5.41, 5.74) is 6.29. The van der Waals surface area contributed by atoms with E-state index >= 15 is 0 Å². The van der Waals surface area contributed by atoms with Crippen molar-refractivity contribution in [1.29, 1.82) is 0 Å². The van der Waals surface area contributed by atoms with Gasteiger partial charge in [0.1, 0.15) is 11.4 Å². The van der Waals surface area contributed by atoms with Crippen molar-refractivity contribution in [3.63, 3.8) is 0 Å². The van der Waals surface area contributed by atoms with E-state index < -0.39 is 5.60 Å². The van der Waals surface area contributed by atoms with E-state index in [1.807, 2.05) is 20.8 Å². The Labute approximate surface area is 105 Å². The highest BCUT2D eigenvalue weighted by Crippen LogP contribution is 2.29. The minimum absolute atomic E-state index is 0.471. The topological polar surface area (TPSA) is 61.0 Å². The normalized spacial score (nSPS) is 14.8. The molecular formula is C11H18BrN3O. The lowest BCUT2D eigenvalue weighted by atomic mass is 10.0. The van der Waals surface area contributed by atoms with Gasteiger partial charge in [-0.2, -0.15) is 0 Å². The zero-order valence-corrected chi connectivity index (χ0v) is 11.8. The highest BCUT2D eigenvalue weighted by molar-refractivity contribution is 9.10. The molecule has 0 saturated carbocycles. The number of nitrogens with two attached hydrogens (primary N) is 1. The van der Waals surface area contributed by atoms with Crippen LogP contribution in [0.1, 0.15) is 38.7 Å². The molecule has 0 aliphatic carbocycles. The molecule has 0 spiro atoms. The molecule has 1 aromatic rings. The lowest BCUT2D eigenvalue weighted by molar-refractivity contribution is -0.00904. The molecule has 0 aliphatic rings. The van der Waals surface area contributed by atoms with Crippen LogP contribution in [0.4, 0.5) is 5.82 Å². The summed E-state index contributed by atoms with van der Waals surface area (Å²) in [6.07, 6.45) is 1.61. The third-order valence-corrected chi connectivity index (χ3v) is 3.74. The van der Waals surface area contributed by atoms with Gasteiger partial charge < -0.3 is 10.5 Å². The first-order chi connectivity index (χ1) is 7.48. The molecule has 5 heteroatoms. The van der Waals surface area contributed by atoms with Gasteiger partial charge in [0.2, 0.25) is 0 Å². The number of hydrogen-bond acceptors (Lipinski definition) is 4. The van der Waals surface area contributed by atoms with Gasteiger partial charge in [0.05, 0.1) is 10.2 Å². The Morgan fingerprint density at radius 1 is 1.38 bits per heavy atom. The van der Waals surface area contributed by atoms with Crippen LogP contribution in [-0.2, 0) is 16.8 Å². The summed E-state index contributed by atoms with van der Waals surface area (Å²) in [5.74, 6) is 1.12. The van der Waals surface area contributed by atoms with E-state index in [0.29, 0.717) is 11.6 Å². The first-order valence-corrected chi connectivity index (χ1v) is 6.15. The van der Waals surface area contributed by atoms with Gasteiger partial charge >= 0.3 is 0 Å². The first kappa shape index (κ1) is 13.4. The fourth-order valence-corrected chi connectivity index (χ4v) is 1.84. The lowest BCUT2D eigenvalue weighted by Gasteiger charge is -2.25. The Kier molecular flexibility index (Phi) is 4.27. The van der Waals surface area contributed by atoms with Crippen molar-refractivity contribution < 1.29 is 4.74 Å². The van der Waals surface area contributed by atoms with Crippen molar-refractivity contribution in [3.05, 3.63) is 16.0 Å². The summed E-state index contributed by atoms with van der Waals surface area (Å²) in [4.78, 5) is 8.79. The third kappa shape index (κ3) is 2.35. The number of aryl methyl sites for hydroxylation is 1. The van der Waals surface area contributed by atoms with E-state index in [4.69, 9.17) is 10.5 Å². The number of anilines is 1. The van der Waals surface area contributed by atoms with Crippen LogP contribution in [0.5, 0.6) is 0 Å². The second kappa shape index (κ2) is 5.10. The molecule has 2 N–H and O–H groups in total. The van der Waals surface area contributed by atoms with Crippen molar-refractivity contribution in [2.24, 2.45) is 0 Å². The van der Waals surface area contributed by atoms with Crippen LogP contribution in [0.25, 0.3) is 0 Å². The van der Waals surface area contributed by atoms with E-state index in [0.717, 1.165) is 23.0 Å². The van der Waals surface area contributed by atoms with Gasteiger partial charge in [0, 0.05) is 7.11 Å². The van der Waals surface area contributed by atoms with Crippen LogP contribution >= 0.6 is 15.9 Å². The monoisotopic (exact) mass is 287 g/mol. The quantitative estimate of drug-likeness (QED) is 0.925. The van der Waals surface area contributed by atoms with Gasteiger partial charge in [-0.15, -0.1) is 0 Å². The summed E-state index contributed by atoms with van der Waals surface area (Å²) in [6.45, 7) is 6.04. The number of hydrogen-bond donors (Lipinski definition) is 1. The van der Waals surface area contributed by atoms with Gasteiger partial charge in [-0.25, -0.2) is 9.97 Å². The van der Waals surface area contributed by atoms with Crippen LogP contribution in [0.3, 0.4) is 0 Å². The second-order valence-corrected chi connectivity index (χ2v) is 4.63. The van der Waals surface area contributed by atoms with Crippen molar-refractivity contribution in [1.82, 2.24) is 9.97 Å². The van der Waals surface area contributed by atoms with Crippen LogP contribution in [0, 0.1) is 0 Å². The number of nitrogen functional groups attached to an aromatic ring is 1. The number of rotatable bonds is 4. The smallest absolute Gasteiger partial charge is 0.162 e. The zero-order valence-electron chi connectivity index (χ0n) is 10.2. The maximum atomic E-state index is 5.85. The van der Waals surface area contributed by atoms with Crippen molar-refractivity contribution in [2.75, 3.05) is 12.8 Å². The molecule has 16 heavy (non-hydrogen) atoms. The van der Waals surface area contributed by atoms with Crippen LogP contribution < -0.4 is 5.73 Å². The SMILES string of the molecule is CCc1nc(C(C)(CC)OC)nc(N)c1Br. The van der Waals surface area contributed by atoms with Gasteiger partial charge in [-0.05, 0) is 35.7 Å². The van der Waals surface area contributed by atoms with E-state index in [-0.39, 0.29) is 0 Å². The van der Waals surface area contributed by atoms with E-state index in [9.17, 15) is 0 Å². The Hall–Kier alpha value is -0.680. The van der Waals surface area contributed by atoms with Crippen LogP contribution in [0.2, 0.25) is 0 Å². The number of halogens is 1. The van der Waals surface area contributed by atoms with Crippen molar-refractivity contribution in [2.45, 2.75) is 39.2 Å². The summed E-state index contributed by atoms with van der Waals surface area (Å²) >= 11 is 3.39. The largest absolute Gasteiger partial charge is 0.383 e. The summed E-state index contributed by atoms with van der Waals surface area (Å²) < 4.78 is 6.26. The van der Waals surface area contributed by atoms with E-state index in [2.05, 4.69) is 25.9 Å². The molecule has 0 fully saturated rings. The number of aromatic nitrogens is 2. The molecule has 1 atom stereocenters. The highest BCUT2D eigenvalue weighted by atomic mass is 79.9. The summed E-state index contributed by atoms with van der Waals surface area (Å²) in [7, 11) is 1.66. The number of methoxy groups -OCH3 is 1. The van der Waals surface area contributed by atoms with Crippen molar-refractivity contribution >= 4 is 21.7 Å². The zero-order chi connectivity index (χ0) is 12.3. The van der Waals surface area contributed by atoms with Crippen molar-refractivity contribution in [3.8, 4) is 0 Å². The minimum atomic E-state index is -0.473. The third-order valence-electron chi connectivity index (χ3n) is 2.88. The molecular weight excluding hydrogens is 270 g/mol. The maximum Gasteiger partial charge on any atom is 0.162 e. The average molecular weight is 288 g/mol. The fraction of sp³-hybridized carbons (Fsp3) is 0.636. The molecule has 4 nitrogen and oxygen atoms in total. The predicted octanol–water partition coefficient (Wildman–Crippen LogP) is 2.66. The van der Waals surface area contributed by atoms with E-state index in [1.54, 1.807) is 7.11 Å². The molecule has 90 valence electrons. The number of nitrogens with zero attached hydrogens (tertiary/aromatic N) is 2. The van der Waals surface area contributed by atoms with Gasteiger partial charge in [0.25, 0.3) is 0 Å². The lowest BCUT2D eigenvalue weighted by Crippen LogP contribution is -2.27. The first-order valence-electron chi connectivity index (χ1n) is 5.36. The van der Waals surface area contributed by atoms with Gasteiger partial charge in [0.15, 0.2) is 5.82 Å². The average Bonchev–Trinajstić information content (AvgIpc) is 2.31. The predicted molar refractivity (Wildman–Crippen MR) is 68.2 cm³/mol. The molecule has 0 aliphatic heterocycles. The Balaban J connectivity index is 3.30. The minimum Gasteiger partial charge on any atom is -0.383 e. The number of ether oxygens (including phenoxy) is 1. The second-order valence-electron chi connectivity index (χ2n) is 3.84. The molecule has 1 heterocycles. The molecule has 0 amide bonds.